The number of hydrogen-bond donors (Lipinski definition) is 3. The molecule has 1 aromatic rings. The van der Waals surface area contributed by atoms with Crippen LogP contribution in [0.15, 0.2) is 18.2 Å². The molecule has 0 aromatic heterocycles. The molecule has 0 bridgehead atoms. The molecule has 7 nitrogen and oxygen atoms in total. The third-order valence-corrected chi connectivity index (χ3v) is 3.29. The monoisotopic (exact) mass is 265 g/mol. The van der Waals surface area contributed by atoms with E-state index in [-0.39, 0.29) is 35.0 Å². The second kappa shape index (κ2) is 5.23. The number of rotatable bonds is 3. The normalized spacial score (nSPS) is 22.2. The van der Waals surface area contributed by atoms with Gasteiger partial charge < -0.3 is 16.2 Å². The third-order valence-electron chi connectivity index (χ3n) is 3.29. The van der Waals surface area contributed by atoms with E-state index in [1.807, 2.05) is 0 Å². The van der Waals surface area contributed by atoms with Gasteiger partial charge in [0.05, 0.1) is 16.7 Å². The third kappa shape index (κ3) is 3.00. The van der Waals surface area contributed by atoms with E-state index in [0.717, 1.165) is 18.9 Å². The number of non-ortho nitro benzene ring substituents is 1. The molecule has 19 heavy (non-hydrogen) atoms. The lowest BCUT2D eigenvalue weighted by Crippen LogP contribution is -2.23. The van der Waals surface area contributed by atoms with E-state index in [4.69, 9.17) is 5.73 Å². The topological polar surface area (TPSA) is 118 Å². The zero-order chi connectivity index (χ0) is 14.0. The number of carbonyl (C=O) groups excluding carboxylic acids is 1. The Morgan fingerprint density at radius 1 is 1.47 bits per heavy atom. The van der Waals surface area contributed by atoms with Crippen molar-refractivity contribution in [1.82, 2.24) is 0 Å². The summed E-state index contributed by atoms with van der Waals surface area (Å²) in [6.45, 7) is 0. The Balaban J connectivity index is 2.07. The van der Waals surface area contributed by atoms with Crippen molar-refractivity contribution >= 4 is 17.3 Å². The highest BCUT2D eigenvalue weighted by molar-refractivity contribution is 5.94. The smallest absolute Gasteiger partial charge is 0.273 e. The van der Waals surface area contributed by atoms with E-state index in [0.29, 0.717) is 6.42 Å². The van der Waals surface area contributed by atoms with Gasteiger partial charge in [-0.15, -0.1) is 0 Å². The standard InChI is InChI=1S/C12H15N3O4/c13-8-2-1-7(5-8)12(17)14-10-4-3-9(15(18)19)6-11(10)16/h3-4,6-8,16H,1-2,5,13H2,(H,14,17). The minimum atomic E-state index is -0.610. The predicted molar refractivity (Wildman–Crippen MR) is 68.7 cm³/mol. The highest BCUT2D eigenvalue weighted by Crippen LogP contribution is 2.30. The quantitative estimate of drug-likeness (QED) is 0.433. The summed E-state index contributed by atoms with van der Waals surface area (Å²) in [5, 5.41) is 22.7. The summed E-state index contributed by atoms with van der Waals surface area (Å²) in [5.74, 6) is -0.688. The molecule has 2 atom stereocenters. The van der Waals surface area contributed by atoms with Crippen LogP contribution in [0.2, 0.25) is 0 Å². The first-order valence-electron chi connectivity index (χ1n) is 6.01. The van der Waals surface area contributed by atoms with Crippen molar-refractivity contribution in [2.45, 2.75) is 25.3 Å². The van der Waals surface area contributed by atoms with Gasteiger partial charge in [0.15, 0.2) is 0 Å². The zero-order valence-electron chi connectivity index (χ0n) is 10.2. The molecule has 0 saturated heterocycles. The molecular formula is C12H15N3O4. The first kappa shape index (κ1) is 13.3. The number of carbonyl (C=O) groups is 1. The van der Waals surface area contributed by atoms with Gasteiger partial charge in [-0.25, -0.2) is 0 Å². The molecule has 1 aliphatic rings. The summed E-state index contributed by atoms with van der Waals surface area (Å²) in [7, 11) is 0. The molecule has 1 aliphatic carbocycles. The maximum Gasteiger partial charge on any atom is 0.273 e. The highest BCUT2D eigenvalue weighted by atomic mass is 16.6. The molecule has 102 valence electrons. The number of nitro benzene ring substituents is 1. The fourth-order valence-electron chi connectivity index (χ4n) is 2.23. The van der Waals surface area contributed by atoms with Gasteiger partial charge in [0.25, 0.3) is 5.69 Å². The Morgan fingerprint density at radius 3 is 2.74 bits per heavy atom. The SMILES string of the molecule is NC1CCC(C(=O)Nc2ccc([N+](=O)[O-])cc2O)C1. The van der Waals surface area contributed by atoms with Crippen LogP contribution in [-0.4, -0.2) is 22.0 Å². The van der Waals surface area contributed by atoms with Gasteiger partial charge >= 0.3 is 0 Å². The Kier molecular flexibility index (Phi) is 3.66. The van der Waals surface area contributed by atoms with Crippen LogP contribution in [0.25, 0.3) is 0 Å². The average molecular weight is 265 g/mol. The number of amides is 1. The average Bonchev–Trinajstić information content (AvgIpc) is 2.78. The van der Waals surface area contributed by atoms with Crippen molar-refractivity contribution in [2.75, 3.05) is 5.32 Å². The van der Waals surface area contributed by atoms with Gasteiger partial charge in [0.1, 0.15) is 5.75 Å². The van der Waals surface area contributed by atoms with Crippen molar-refractivity contribution in [3.8, 4) is 5.75 Å². The van der Waals surface area contributed by atoms with Gasteiger partial charge in [-0.05, 0) is 25.3 Å². The van der Waals surface area contributed by atoms with Gasteiger partial charge in [0.2, 0.25) is 5.91 Å². The summed E-state index contributed by atoms with van der Waals surface area (Å²) in [6, 6.07) is 3.60. The van der Waals surface area contributed by atoms with Crippen molar-refractivity contribution in [1.29, 1.82) is 0 Å². The molecule has 1 amide bonds. The maximum atomic E-state index is 11.9. The molecule has 1 aromatic carbocycles. The number of nitrogens with zero attached hydrogens (tertiary/aromatic N) is 1. The number of nitro groups is 1. The Morgan fingerprint density at radius 2 is 2.21 bits per heavy atom. The van der Waals surface area contributed by atoms with Gasteiger partial charge in [-0.1, -0.05) is 0 Å². The summed E-state index contributed by atoms with van der Waals surface area (Å²) in [6.07, 6.45) is 2.16. The summed E-state index contributed by atoms with van der Waals surface area (Å²) < 4.78 is 0. The van der Waals surface area contributed by atoms with E-state index in [9.17, 15) is 20.0 Å². The number of phenols is 1. The van der Waals surface area contributed by atoms with Crippen LogP contribution < -0.4 is 11.1 Å². The minimum absolute atomic E-state index is 0.0428. The number of aromatic hydroxyl groups is 1. The molecule has 1 fully saturated rings. The Labute approximate surface area is 109 Å². The molecule has 1 saturated carbocycles. The molecular weight excluding hydrogens is 250 g/mol. The lowest BCUT2D eigenvalue weighted by molar-refractivity contribution is -0.384. The maximum absolute atomic E-state index is 11.9. The lowest BCUT2D eigenvalue weighted by Gasteiger charge is -2.11. The van der Waals surface area contributed by atoms with Crippen LogP contribution in [-0.2, 0) is 4.79 Å². The molecule has 0 radical (unpaired) electrons. The predicted octanol–water partition coefficient (Wildman–Crippen LogP) is 1.37. The summed E-state index contributed by atoms with van der Waals surface area (Å²) in [4.78, 5) is 21.8. The van der Waals surface area contributed by atoms with Crippen LogP contribution in [0.5, 0.6) is 5.75 Å². The first-order valence-corrected chi connectivity index (χ1v) is 6.01. The van der Waals surface area contributed by atoms with Crippen LogP contribution in [0, 0.1) is 16.0 Å². The number of nitrogens with two attached hydrogens (primary N) is 1. The minimum Gasteiger partial charge on any atom is -0.506 e. The summed E-state index contributed by atoms with van der Waals surface area (Å²) >= 11 is 0. The van der Waals surface area contributed by atoms with E-state index >= 15 is 0 Å². The molecule has 0 aliphatic heterocycles. The van der Waals surface area contributed by atoms with Crippen molar-refractivity contribution in [3.63, 3.8) is 0 Å². The van der Waals surface area contributed by atoms with Crippen molar-refractivity contribution in [3.05, 3.63) is 28.3 Å². The van der Waals surface area contributed by atoms with Crippen LogP contribution >= 0.6 is 0 Å². The van der Waals surface area contributed by atoms with Crippen molar-refractivity contribution in [2.24, 2.45) is 11.7 Å². The Bertz CT molecular complexity index is 518. The van der Waals surface area contributed by atoms with Crippen molar-refractivity contribution < 1.29 is 14.8 Å². The summed E-state index contributed by atoms with van der Waals surface area (Å²) in [5.41, 5.74) is 5.69. The number of anilines is 1. The van der Waals surface area contributed by atoms with Crippen LogP contribution in [0.3, 0.4) is 0 Å². The van der Waals surface area contributed by atoms with E-state index in [2.05, 4.69) is 5.32 Å². The van der Waals surface area contributed by atoms with Crippen LogP contribution in [0.1, 0.15) is 19.3 Å². The largest absolute Gasteiger partial charge is 0.506 e. The van der Waals surface area contributed by atoms with E-state index in [1.165, 1.54) is 12.1 Å². The molecule has 0 heterocycles. The molecule has 2 rings (SSSR count). The molecule has 2 unspecified atom stereocenters. The highest BCUT2D eigenvalue weighted by Gasteiger charge is 2.28. The second-order valence-corrected chi connectivity index (χ2v) is 4.72. The number of nitrogens with one attached hydrogen (secondary N) is 1. The van der Waals surface area contributed by atoms with E-state index in [1.54, 1.807) is 0 Å². The fourth-order valence-corrected chi connectivity index (χ4v) is 2.23. The number of phenolic OH excluding ortho intramolecular Hbond substituents is 1. The van der Waals surface area contributed by atoms with E-state index < -0.39 is 4.92 Å². The van der Waals surface area contributed by atoms with Gasteiger partial charge in [0, 0.05) is 18.0 Å². The fraction of sp³-hybridized carbons (Fsp3) is 0.417. The second-order valence-electron chi connectivity index (χ2n) is 4.72. The molecule has 0 spiro atoms. The first-order chi connectivity index (χ1) is 8.97. The Hall–Kier alpha value is -2.15. The number of benzene rings is 1. The number of hydrogen-bond acceptors (Lipinski definition) is 5. The molecule has 4 N–H and O–H groups in total. The van der Waals surface area contributed by atoms with Crippen LogP contribution in [0.4, 0.5) is 11.4 Å². The van der Waals surface area contributed by atoms with Gasteiger partial charge in [-0.3, -0.25) is 14.9 Å². The lowest BCUT2D eigenvalue weighted by atomic mass is 10.1. The molecule has 7 heteroatoms. The van der Waals surface area contributed by atoms with Gasteiger partial charge in [-0.2, -0.15) is 0 Å². The zero-order valence-corrected chi connectivity index (χ0v) is 10.2.